The van der Waals surface area contributed by atoms with Gasteiger partial charge in [-0.2, -0.15) is 0 Å². The summed E-state index contributed by atoms with van der Waals surface area (Å²) in [4.78, 5) is 50.4. The number of carbonyl (C=O) groups is 4. The average molecular weight is 1480 g/mol. The molecule has 8 aliphatic heterocycles. The lowest BCUT2D eigenvalue weighted by Gasteiger charge is -2.51. The van der Waals surface area contributed by atoms with Crippen LogP contribution < -0.4 is 21.3 Å². The number of hydrogen-bond donors (Lipinski definition) is 25. The third kappa shape index (κ3) is 18.5. The Morgan fingerprint density at radius 1 is 0.267 bits per heavy atom. The minimum atomic E-state index is -2.48. The normalized spacial score (nSPS) is 48.3. The minimum absolute atomic E-state index is 0.609. The van der Waals surface area contributed by atoms with E-state index in [0.717, 1.165) is 27.7 Å². The zero-order valence-corrected chi connectivity index (χ0v) is 54.9. The van der Waals surface area contributed by atoms with Gasteiger partial charge in [0.25, 0.3) is 0 Å². The Morgan fingerprint density at radius 3 is 0.980 bits per heavy atom. The van der Waals surface area contributed by atoms with Crippen LogP contribution in [0.2, 0.25) is 0 Å². The van der Waals surface area contributed by atoms with Crippen molar-refractivity contribution in [3.63, 3.8) is 0 Å². The molecule has 8 rings (SSSR count). The van der Waals surface area contributed by atoms with Gasteiger partial charge in [0.1, 0.15) is 189 Å². The molecule has 0 aliphatic carbocycles. The molecule has 0 radical (unpaired) electrons. The van der Waals surface area contributed by atoms with E-state index in [1.165, 1.54) is 6.92 Å². The standard InChI is InChI=1S/C57H96N4O40/c1-14-27(58-15(2)69)37(79)45(23(10-66)88-14)96-52-29(60-17(4)71)38(80)47(25(12-68)93-52)98-55-44(86)48(99-57-50(42(84)34(76)22(9-65)92-57)101-51-28(59-16(3)70)36(78)31(73)19(6-62)89-51)35(77)26(95-55)13-87-56-49(41(83)33(75)21(8-64)91-56)100-53-30(61-18(5)72)39(81)46(24(11-67)94-53)97-54-43(85)40(82)32(74)20(7-63)90-54/h14,19-57,62-68,73-86H,6-13H2,1-5H3,(H,58,69)(H,59,70)(H,60,71)(H,61,72)/t14-,19?,20?,21?,22+,23?,24?,25?,26?,27?,28?,29?,30?,31+,32-,33+,34+,35+,36+,37+,38+,39?,40-,41-,42?,43?,44?,45+,46+,47+,48-,49?,50?,51-,52-,53-,54-,55-,56-,57+/m0/s1. The Hall–Kier alpha value is -3.56. The smallest absolute Gasteiger partial charge is 0.217 e. The summed E-state index contributed by atoms with van der Waals surface area (Å²) in [5, 5.41) is 242. The fraction of sp³-hybridized carbons (Fsp3) is 0.930. The molecule has 25 N–H and O–H groups in total. The lowest BCUT2D eigenvalue weighted by atomic mass is 9.92. The topological polar surface area (TPSA) is 680 Å². The molecular formula is C57H96N4O40. The maximum absolute atomic E-state index is 12.9. The second kappa shape index (κ2) is 36.4. The Morgan fingerprint density at radius 2 is 0.554 bits per heavy atom. The summed E-state index contributed by atoms with van der Waals surface area (Å²) >= 11 is 0. The van der Waals surface area contributed by atoms with Crippen LogP contribution in [-0.2, 0) is 90.2 Å². The summed E-state index contributed by atoms with van der Waals surface area (Å²) < 4.78 is 89.4. The first-order valence-electron chi connectivity index (χ1n) is 32.4. The Bertz CT molecular complexity index is 2640. The van der Waals surface area contributed by atoms with Gasteiger partial charge >= 0.3 is 0 Å². The summed E-state index contributed by atoms with van der Waals surface area (Å²) in [5.41, 5.74) is 0. The molecule has 101 heavy (non-hydrogen) atoms. The fourth-order valence-electron chi connectivity index (χ4n) is 13.2. The molecule has 584 valence electrons. The van der Waals surface area contributed by atoms with Crippen molar-refractivity contribution in [2.24, 2.45) is 0 Å². The molecule has 0 aromatic heterocycles. The first-order chi connectivity index (χ1) is 47.8. The van der Waals surface area contributed by atoms with Crippen LogP contribution in [0.15, 0.2) is 0 Å². The van der Waals surface area contributed by atoms with E-state index in [0.29, 0.717) is 0 Å². The average Bonchev–Trinajstić information content (AvgIpc) is 0.773. The van der Waals surface area contributed by atoms with E-state index in [1.807, 2.05) is 0 Å². The van der Waals surface area contributed by atoms with Crippen molar-refractivity contribution < 1.29 is 197 Å². The SMILES string of the molecule is CC(=O)NC1C(O)[C@H](O[C@@H]2OC(CO)[C@H](O)[C@H](O)C2O)C(CO)O[C@H]1OC1[C@@H](OCC2O[C@@H](O[C@@H]3C(CO)O[C@@H](O[C@@H]4C(CO)O[C@@H](C)C(NC(C)=O)[C@H]4O)C(NC(C)=O)[C@H]3O)C(O)[C@@H](O[C@H]3O[C@H](CO)[C@@H](O)C(O)C3O[C@@H]3OC(CO)[C@@H](O)[C@H](O)C3NC(C)=O)[C@@H]2O)OC(CO)[C@@H](O)[C@@H]1O. The predicted molar refractivity (Wildman–Crippen MR) is 314 cm³/mol. The lowest BCUT2D eigenvalue weighted by Crippen LogP contribution is -2.70. The van der Waals surface area contributed by atoms with Crippen LogP contribution in [0.5, 0.6) is 0 Å². The Labute approximate surface area is 573 Å². The van der Waals surface area contributed by atoms with Crippen LogP contribution in [0.1, 0.15) is 34.6 Å². The zero-order chi connectivity index (χ0) is 74.5. The number of carbonyl (C=O) groups excluding carboxylic acids is 4. The van der Waals surface area contributed by atoms with Gasteiger partial charge in [-0.1, -0.05) is 0 Å². The van der Waals surface area contributed by atoms with Crippen LogP contribution >= 0.6 is 0 Å². The molecule has 4 amide bonds. The number of rotatable bonds is 26. The summed E-state index contributed by atoms with van der Waals surface area (Å²) in [6, 6.07) is -6.60. The summed E-state index contributed by atoms with van der Waals surface area (Å²) in [7, 11) is 0. The monoisotopic (exact) mass is 1480 g/mol. The maximum atomic E-state index is 12.9. The third-order valence-corrected chi connectivity index (χ3v) is 18.5. The molecule has 8 saturated heterocycles. The van der Waals surface area contributed by atoms with Crippen molar-refractivity contribution in [3.8, 4) is 0 Å². The molecule has 8 fully saturated rings. The Kier molecular flexibility index (Phi) is 29.9. The highest BCUT2D eigenvalue weighted by Gasteiger charge is 2.60. The van der Waals surface area contributed by atoms with Gasteiger partial charge in [0.05, 0.1) is 65.0 Å². The number of amides is 4. The van der Waals surface area contributed by atoms with Crippen LogP contribution in [-0.4, -0.2) is 429 Å². The molecular weight excluding hydrogens is 1380 g/mol. The molecule has 0 aromatic rings. The van der Waals surface area contributed by atoms with Crippen molar-refractivity contribution in [3.05, 3.63) is 0 Å². The highest BCUT2D eigenvalue weighted by Crippen LogP contribution is 2.39. The van der Waals surface area contributed by atoms with Gasteiger partial charge in [-0.3, -0.25) is 19.2 Å². The molecule has 0 bridgehead atoms. The van der Waals surface area contributed by atoms with Crippen LogP contribution in [0.4, 0.5) is 0 Å². The van der Waals surface area contributed by atoms with E-state index in [4.69, 9.17) is 71.1 Å². The first-order valence-corrected chi connectivity index (χ1v) is 32.4. The van der Waals surface area contributed by atoms with E-state index in [1.54, 1.807) is 0 Å². The van der Waals surface area contributed by atoms with Crippen LogP contribution in [0, 0.1) is 0 Å². The van der Waals surface area contributed by atoms with Crippen LogP contribution in [0.25, 0.3) is 0 Å². The van der Waals surface area contributed by atoms with Crippen molar-refractivity contribution >= 4 is 23.6 Å². The first kappa shape index (κ1) is 83.1. The van der Waals surface area contributed by atoms with Crippen molar-refractivity contribution in [1.82, 2.24) is 21.3 Å². The Balaban J connectivity index is 1.13. The molecule has 0 saturated carbocycles. The summed E-state index contributed by atoms with van der Waals surface area (Å²) in [6.07, 6.45) is -71.1. The highest BCUT2D eigenvalue weighted by atomic mass is 16.8. The van der Waals surface area contributed by atoms with Gasteiger partial charge in [-0.25, -0.2) is 0 Å². The van der Waals surface area contributed by atoms with E-state index < -0.39 is 322 Å². The molecule has 44 heteroatoms. The predicted octanol–water partition coefficient (Wildman–Crippen LogP) is -16.8. The summed E-state index contributed by atoms with van der Waals surface area (Å²) in [6.45, 7) is -2.66. The number of ether oxygens (including phenoxy) is 15. The van der Waals surface area contributed by atoms with Crippen molar-refractivity contribution in [1.29, 1.82) is 0 Å². The molecule has 40 atom stereocenters. The highest BCUT2D eigenvalue weighted by molar-refractivity contribution is 5.74. The van der Waals surface area contributed by atoms with E-state index in [2.05, 4.69) is 21.3 Å². The third-order valence-electron chi connectivity index (χ3n) is 18.5. The van der Waals surface area contributed by atoms with Crippen molar-refractivity contribution in [2.75, 3.05) is 52.9 Å². The van der Waals surface area contributed by atoms with Gasteiger partial charge < -0.3 is 200 Å². The molecule has 8 aliphatic rings. The van der Waals surface area contributed by atoms with Gasteiger partial charge in [0, 0.05) is 27.7 Å². The quantitative estimate of drug-likeness (QED) is 0.0382. The maximum Gasteiger partial charge on any atom is 0.217 e. The number of nitrogens with one attached hydrogen (secondary N) is 4. The summed E-state index contributed by atoms with van der Waals surface area (Å²) in [5.74, 6) is -3.23. The van der Waals surface area contributed by atoms with E-state index >= 15 is 0 Å². The van der Waals surface area contributed by atoms with Crippen LogP contribution in [0.3, 0.4) is 0 Å². The number of aliphatic hydroxyl groups excluding tert-OH is 21. The lowest BCUT2D eigenvalue weighted by molar-refractivity contribution is -0.396. The molecule has 0 spiro atoms. The van der Waals surface area contributed by atoms with Crippen molar-refractivity contribution in [2.45, 2.75) is 280 Å². The van der Waals surface area contributed by atoms with E-state index in [9.17, 15) is 126 Å². The largest absolute Gasteiger partial charge is 0.394 e. The minimum Gasteiger partial charge on any atom is -0.394 e. The second-order valence-corrected chi connectivity index (χ2v) is 25.7. The van der Waals surface area contributed by atoms with Gasteiger partial charge in [-0.05, 0) is 6.92 Å². The molecule has 44 nitrogen and oxygen atoms in total. The molecule has 17 unspecified atom stereocenters. The molecule has 0 aromatic carbocycles. The fourth-order valence-corrected chi connectivity index (χ4v) is 13.2. The number of aliphatic hydroxyl groups is 21. The van der Waals surface area contributed by atoms with Gasteiger partial charge in [0.2, 0.25) is 23.6 Å². The zero-order valence-electron chi connectivity index (χ0n) is 54.9. The number of hydrogen-bond acceptors (Lipinski definition) is 40. The van der Waals surface area contributed by atoms with Gasteiger partial charge in [-0.15, -0.1) is 0 Å². The van der Waals surface area contributed by atoms with E-state index in [-0.39, 0.29) is 0 Å². The second-order valence-electron chi connectivity index (χ2n) is 25.7. The van der Waals surface area contributed by atoms with Gasteiger partial charge in [0.15, 0.2) is 44.0 Å². The molecule has 8 heterocycles.